The third-order valence-electron chi connectivity index (χ3n) is 10.3. The molecule has 4 aromatic carbocycles. The average Bonchev–Trinajstić information content (AvgIpc) is 3.63. The molecule has 1 saturated heterocycles. The van der Waals surface area contributed by atoms with Gasteiger partial charge in [0.1, 0.15) is 30.8 Å². The van der Waals surface area contributed by atoms with Crippen LogP contribution in [0.1, 0.15) is 27.1 Å². The summed E-state index contributed by atoms with van der Waals surface area (Å²) in [6.07, 6.45) is 0.754. The first kappa shape index (κ1) is 44.0. The summed E-state index contributed by atoms with van der Waals surface area (Å²) < 4.78 is 50.6. The van der Waals surface area contributed by atoms with E-state index < -0.39 is 49.2 Å². The molecule has 324 valence electrons. The van der Waals surface area contributed by atoms with Gasteiger partial charge in [-0.15, -0.1) is 0 Å². The van der Waals surface area contributed by atoms with Crippen molar-refractivity contribution in [2.24, 2.45) is 5.73 Å². The van der Waals surface area contributed by atoms with E-state index in [9.17, 15) is 28.4 Å². The van der Waals surface area contributed by atoms with Crippen LogP contribution in [0.2, 0.25) is 0 Å². The van der Waals surface area contributed by atoms with Crippen LogP contribution in [0, 0.1) is 11.3 Å². The van der Waals surface area contributed by atoms with Gasteiger partial charge in [-0.05, 0) is 77.9 Å². The Kier molecular flexibility index (Phi) is 14.4. The first-order valence-corrected chi connectivity index (χ1v) is 20.3. The average molecular weight is 858 g/mol. The molecule has 4 N–H and O–H groups in total. The van der Waals surface area contributed by atoms with Gasteiger partial charge in [-0.1, -0.05) is 36.4 Å². The Balaban J connectivity index is 0.755. The SMILES string of the molecule is N#C[C@@H]1CC(F)(F)CN1C(=O)CNC(=O)c1ccnc2ccc(-c3ccc(OCCOCCNCCOCCOc4ccc(-c5cc(C(N)=O)c6ccccc6n5)cc4)cc3)cc12. The summed E-state index contributed by atoms with van der Waals surface area (Å²) in [5.41, 5.74) is 10.8. The lowest BCUT2D eigenvalue weighted by Gasteiger charge is -2.19. The first-order valence-electron chi connectivity index (χ1n) is 20.3. The number of aromatic nitrogens is 2. The molecule has 0 saturated carbocycles. The van der Waals surface area contributed by atoms with E-state index in [1.807, 2.05) is 84.9 Å². The highest BCUT2D eigenvalue weighted by molar-refractivity contribution is 6.08. The molecule has 63 heavy (non-hydrogen) atoms. The number of likely N-dealkylation sites (tertiary alicyclic amines) is 1. The second-order valence-corrected chi connectivity index (χ2v) is 14.7. The van der Waals surface area contributed by atoms with Crippen LogP contribution >= 0.6 is 0 Å². The fourth-order valence-electron chi connectivity index (χ4n) is 7.12. The zero-order valence-electron chi connectivity index (χ0n) is 34.2. The number of hydrogen-bond acceptors (Lipinski definition) is 11. The van der Waals surface area contributed by atoms with Crippen LogP contribution in [0.15, 0.2) is 109 Å². The molecule has 16 heteroatoms. The minimum absolute atomic E-state index is 0.267. The Labute approximate surface area is 361 Å². The highest BCUT2D eigenvalue weighted by Crippen LogP contribution is 2.32. The number of carbonyl (C=O) groups excluding carboxylic acids is 3. The Morgan fingerprint density at radius 2 is 1.41 bits per heavy atom. The maximum atomic E-state index is 13.8. The fraction of sp³-hybridized carbons (Fsp3) is 0.277. The smallest absolute Gasteiger partial charge is 0.268 e. The number of ether oxygens (including phenoxy) is 4. The highest BCUT2D eigenvalue weighted by atomic mass is 19.3. The highest BCUT2D eigenvalue weighted by Gasteiger charge is 2.47. The normalized spacial score (nSPS) is 14.4. The molecule has 0 bridgehead atoms. The summed E-state index contributed by atoms with van der Waals surface area (Å²) in [6.45, 7) is 2.54. The minimum Gasteiger partial charge on any atom is -0.491 e. The van der Waals surface area contributed by atoms with Crippen LogP contribution in [-0.4, -0.2) is 110 Å². The molecule has 0 spiro atoms. The maximum Gasteiger partial charge on any atom is 0.268 e. The first-order chi connectivity index (χ1) is 30.6. The predicted octanol–water partition coefficient (Wildman–Crippen LogP) is 5.79. The number of alkyl halides is 2. The number of para-hydroxylation sites is 1. The number of nitrogens with two attached hydrogens (primary N) is 1. The van der Waals surface area contributed by atoms with Crippen molar-refractivity contribution in [3.63, 3.8) is 0 Å². The third-order valence-corrected chi connectivity index (χ3v) is 10.3. The van der Waals surface area contributed by atoms with Gasteiger partial charge in [-0.2, -0.15) is 5.26 Å². The Hall–Kier alpha value is -7.06. The Bertz CT molecular complexity index is 2610. The molecule has 3 heterocycles. The summed E-state index contributed by atoms with van der Waals surface area (Å²) in [5.74, 6) is -3.61. The topological polar surface area (TPSA) is 191 Å². The molecule has 14 nitrogen and oxygen atoms in total. The monoisotopic (exact) mass is 857 g/mol. The molecule has 3 amide bonds. The molecule has 2 aromatic heterocycles. The largest absolute Gasteiger partial charge is 0.491 e. The predicted molar refractivity (Wildman–Crippen MR) is 231 cm³/mol. The zero-order chi connectivity index (χ0) is 44.2. The Morgan fingerprint density at radius 3 is 2.08 bits per heavy atom. The molecule has 0 unspecified atom stereocenters. The molecule has 0 radical (unpaired) electrons. The van der Waals surface area contributed by atoms with Gasteiger partial charge in [-0.25, -0.2) is 13.8 Å². The van der Waals surface area contributed by atoms with Crippen molar-refractivity contribution >= 4 is 39.5 Å². The molecule has 1 aliphatic heterocycles. The molecule has 1 aliphatic rings. The number of primary amides is 1. The van der Waals surface area contributed by atoms with Crippen LogP contribution in [0.25, 0.3) is 44.2 Å². The number of benzene rings is 4. The molecule has 6 aromatic rings. The van der Waals surface area contributed by atoms with Crippen LogP contribution in [0.5, 0.6) is 11.5 Å². The van der Waals surface area contributed by atoms with Crippen molar-refractivity contribution < 1.29 is 42.1 Å². The van der Waals surface area contributed by atoms with E-state index >= 15 is 0 Å². The summed E-state index contributed by atoms with van der Waals surface area (Å²) in [7, 11) is 0. The van der Waals surface area contributed by atoms with Crippen LogP contribution < -0.4 is 25.8 Å². The van der Waals surface area contributed by atoms with E-state index in [0.717, 1.165) is 27.0 Å². The number of carbonyl (C=O) groups is 3. The summed E-state index contributed by atoms with van der Waals surface area (Å²) in [6, 6.07) is 31.6. The van der Waals surface area contributed by atoms with E-state index in [4.69, 9.17) is 24.7 Å². The Morgan fingerprint density at radius 1 is 0.762 bits per heavy atom. The number of pyridine rings is 2. The lowest BCUT2D eigenvalue weighted by molar-refractivity contribution is -0.131. The number of amides is 3. The minimum atomic E-state index is -3.15. The lowest BCUT2D eigenvalue weighted by atomic mass is 10.0. The third kappa shape index (κ3) is 11.5. The van der Waals surface area contributed by atoms with E-state index in [1.165, 1.54) is 12.3 Å². The summed E-state index contributed by atoms with van der Waals surface area (Å²) in [4.78, 5) is 47.6. The summed E-state index contributed by atoms with van der Waals surface area (Å²) >= 11 is 0. The number of rotatable bonds is 20. The van der Waals surface area contributed by atoms with Crippen molar-refractivity contribution in [3.8, 4) is 40.0 Å². The van der Waals surface area contributed by atoms with Crippen molar-refractivity contribution in [2.75, 3.05) is 65.8 Å². The van der Waals surface area contributed by atoms with Crippen molar-refractivity contribution in [3.05, 3.63) is 120 Å². The number of nitrogens with zero attached hydrogens (tertiary/aromatic N) is 4. The molecule has 1 fully saturated rings. The molecule has 1 atom stereocenters. The van der Waals surface area contributed by atoms with Gasteiger partial charge >= 0.3 is 0 Å². The second kappa shape index (κ2) is 20.7. The second-order valence-electron chi connectivity index (χ2n) is 14.7. The zero-order valence-corrected chi connectivity index (χ0v) is 34.2. The van der Waals surface area contributed by atoms with Gasteiger partial charge in [0.2, 0.25) is 11.8 Å². The van der Waals surface area contributed by atoms with Crippen molar-refractivity contribution in [2.45, 2.75) is 18.4 Å². The van der Waals surface area contributed by atoms with Crippen molar-refractivity contribution in [1.82, 2.24) is 25.5 Å². The lowest BCUT2D eigenvalue weighted by Crippen LogP contribution is -2.43. The number of fused-ring (bicyclic) bond motifs is 2. The van der Waals surface area contributed by atoms with Crippen LogP contribution in [0.4, 0.5) is 8.78 Å². The number of hydrogen-bond donors (Lipinski definition) is 3. The van der Waals surface area contributed by atoms with Gasteiger partial charge < -0.3 is 40.2 Å². The van der Waals surface area contributed by atoms with E-state index in [-0.39, 0.29) is 5.56 Å². The molecule has 7 rings (SSSR count). The quantitative estimate of drug-likeness (QED) is 0.0789. The van der Waals surface area contributed by atoms with Crippen LogP contribution in [0.3, 0.4) is 0 Å². The van der Waals surface area contributed by atoms with Crippen molar-refractivity contribution in [1.29, 1.82) is 5.26 Å². The van der Waals surface area contributed by atoms with Gasteiger partial charge in [0, 0.05) is 42.0 Å². The number of nitrogens with one attached hydrogen (secondary N) is 2. The van der Waals surface area contributed by atoms with Gasteiger partial charge in [0.25, 0.3) is 11.8 Å². The number of halogens is 2. The van der Waals surface area contributed by atoms with E-state index in [1.54, 1.807) is 18.2 Å². The van der Waals surface area contributed by atoms with E-state index in [0.29, 0.717) is 91.9 Å². The summed E-state index contributed by atoms with van der Waals surface area (Å²) in [5, 5.41) is 16.3. The maximum absolute atomic E-state index is 13.8. The van der Waals surface area contributed by atoms with Crippen LogP contribution in [-0.2, 0) is 14.3 Å². The number of nitriles is 1. The fourth-order valence-corrected chi connectivity index (χ4v) is 7.12. The van der Waals surface area contributed by atoms with Gasteiger partial charge in [0.05, 0.1) is 73.4 Å². The standard InChI is InChI=1S/C47H45F2N7O7/c48-47(49)27-34(28-50)56(30-47)44(57)29-54-46(59)38-15-16-53-41-14-9-33(25-39(38)41)31-5-10-35(11-6-31)62-23-21-60-19-17-52-18-20-61-22-24-63-36-12-7-32(8-13-36)43-26-40(45(51)58)37-3-1-2-4-42(37)55-43/h1-16,25-26,34,52H,17-24,27,29-30H2,(H2,51,58)(H,54,59)/t34-/m0/s1. The molecular weight excluding hydrogens is 813 g/mol. The van der Waals surface area contributed by atoms with Gasteiger partial charge in [-0.3, -0.25) is 19.4 Å². The van der Waals surface area contributed by atoms with E-state index in [2.05, 4.69) is 20.6 Å². The van der Waals surface area contributed by atoms with Gasteiger partial charge in [0.15, 0.2) is 0 Å². The molecule has 0 aliphatic carbocycles. The molecular formula is C47H45F2N7O7.